The molecule has 2 rings (SSSR count). The first-order chi connectivity index (χ1) is 10.1. The fourth-order valence-corrected chi connectivity index (χ4v) is 2.18. The van der Waals surface area contributed by atoms with Gasteiger partial charge in [0.05, 0.1) is 22.9 Å². The van der Waals surface area contributed by atoms with Crippen LogP contribution in [0, 0.1) is 5.82 Å². The predicted molar refractivity (Wildman–Crippen MR) is 86.5 cm³/mol. The summed E-state index contributed by atoms with van der Waals surface area (Å²) < 4.78 is 13.8. The Morgan fingerprint density at radius 2 is 2.00 bits per heavy atom. The minimum Gasteiger partial charge on any atom is -0.370 e. The number of aromatic nitrogens is 1. The van der Waals surface area contributed by atoms with Crippen molar-refractivity contribution in [2.24, 2.45) is 0 Å². The van der Waals surface area contributed by atoms with E-state index in [4.69, 9.17) is 11.6 Å². The van der Waals surface area contributed by atoms with Crippen LogP contribution in [0.4, 0.5) is 15.9 Å². The lowest BCUT2D eigenvalue weighted by Gasteiger charge is -2.20. The van der Waals surface area contributed by atoms with E-state index < -0.39 is 0 Å². The zero-order valence-electron chi connectivity index (χ0n) is 12.2. The van der Waals surface area contributed by atoms with Crippen LogP contribution < -0.4 is 10.2 Å². The Labute approximate surface area is 129 Å². The summed E-state index contributed by atoms with van der Waals surface area (Å²) in [5.74, 6) is 0.537. The third kappa shape index (κ3) is 4.08. The van der Waals surface area contributed by atoms with Gasteiger partial charge >= 0.3 is 0 Å². The maximum Gasteiger partial charge on any atom is 0.146 e. The van der Waals surface area contributed by atoms with E-state index in [2.05, 4.69) is 17.2 Å². The number of rotatable bonds is 6. The smallest absolute Gasteiger partial charge is 0.146 e. The largest absolute Gasteiger partial charge is 0.370 e. The van der Waals surface area contributed by atoms with Gasteiger partial charge in [0, 0.05) is 13.6 Å². The minimum atomic E-state index is -0.253. The molecule has 0 saturated heterocycles. The number of benzene rings is 1. The molecule has 1 N–H and O–H groups in total. The van der Waals surface area contributed by atoms with Gasteiger partial charge in [-0.1, -0.05) is 30.7 Å². The maximum atomic E-state index is 13.8. The zero-order chi connectivity index (χ0) is 15.2. The summed E-state index contributed by atoms with van der Waals surface area (Å²) in [6, 6.07) is 10.3. The predicted octanol–water partition coefficient (Wildman–Crippen LogP) is 4.33. The third-order valence-corrected chi connectivity index (χ3v) is 3.47. The van der Waals surface area contributed by atoms with Crippen molar-refractivity contribution in [1.29, 1.82) is 0 Å². The molecule has 0 bridgehead atoms. The quantitative estimate of drug-likeness (QED) is 0.861. The highest BCUT2D eigenvalue weighted by atomic mass is 35.5. The molecular weight excluding hydrogens is 289 g/mol. The molecule has 0 radical (unpaired) electrons. The van der Waals surface area contributed by atoms with Crippen molar-refractivity contribution in [3.8, 4) is 0 Å². The molecule has 0 amide bonds. The molecule has 3 nitrogen and oxygen atoms in total. The second-order valence-corrected chi connectivity index (χ2v) is 5.27. The fourth-order valence-electron chi connectivity index (χ4n) is 2.02. The molecule has 0 aliphatic carbocycles. The monoisotopic (exact) mass is 307 g/mol. The third-order valence-electron chi connectivity index (χ3n) is 3.13. The van der Waals surface area contributed by atoms with Gasteiger partial charge in [0.15, 0.2) is 0 Å². The topological polar surface area (TPSA) is 28.2 Å². The SMILES string of the molecule is CCCNc1ccc(Cl)c(CN(C)c2ccccc2F)n1. The standard InChI is InChI=1S/C16H19ClFN3/c1-3-10-19-16-9-8-12(17)14(20-16)11-21(2)15-7-5-4-6-13(15)18/h4-9H,3,10-11H2,1-2H3,(H,19,20). The molecule has 0 atom stereocenters. The van der Waals surface area contributed by atoms with Crippen molar-refractivity contribution < 1.29 is 4.39 Å². The molecule has 0 aliphatic rings. The molecule has 5 heteroatoms. The Balaban J connectivity index is 2.16. The fraction of sp³-hybridized carbons (Fsp3) is 0.312. The summed E-state index contributed by atoms with van der Waals surface area (Å²) in [5, 5.41) is 3.81. The highest BCUT2D eigenvalue weighted by Gasteiger charge is 2.11. The number of nitrogens with zero attached hydrogens (tertiary/aromatic N) is 2. The van der Waals surface area contributed by atoms with Crippen LogP contribution in [0.3, 0.4) is 0 Å². The average molecular weight is 308 g/mol. The second-order valence-electron chi connectivity index (χ2n) is 4.86. The van der Waals surface area contributed by atoms with Crippen LogP contribution >= 0.6 is 11.6 Å². The highest BCUT2D eigenvalue weighted by molar-refractivity contribution is 6.31. The van der Waals surface area contributed by atoms with E-state index in [0.29, 0.717) is 17.3 Å². The van der Waals surface area contributed by atoms with Gasteiger partial charge in [-0.3, -0.25) is 0 Å². The number of hydrogen-bond donors (Lipinski definition) is 1. The van der Waals surface area contributed by atoms with Crippen molar-refractivity contribution in [3.05, 3.63) is 52.9 Å². The van der Waals surface area contributed by atoms with Crippen LogP contribution in [0.2, 0.25) is 5.02 Å². The first kappa shape index (κ1) is 15.6. The molecule has 0 unspecified atom stereocenters. The molecule has 2 aromatic rings. The first-order valence-electron chi connectivity index (χ1n) is 6.96. The van der Waals surface area contributed by atoms with Gasteiger partial charge in [-0.2, -0.15) is 0 Å². The van der Waals surface area contributed by atoms with Gasteiger partial charge < -0.3 is 10.2 Å². The molecule has 0 aliphatic heterocycles. The second kappa shape index (κ2) is 7.27. The number of halogens is 2. The van der Waals surface area contributed by atoms with Crippen LogP contribution in [0.1, 0.15) is 19.0 Å². The lowest BCUT2D eigenvalue weighted by Crippen LogP contribution is -2.19. The number of hydrogen-bond acceptors (Lipinski definition) is 3. The lowest BCUT2D eigenvalue weighted by atomic mass is 10.2. The Kier molecular flexibility index (Phi) is 5.39. The average Bonchev–Trinajstić information content (AvgIpc) is 2.48. The highest BCUT2D eigenvalue weighted by Crippen LogP contribution is 2.23. The van der Waals surface area contributed by atoms with E-state index in [1.165, 1.54) is 6.07 Å². The lowest BCUT2D eigenvalue weighted by molar-refractivity contribution is 0.622. The van der Waals surface area contributed by atoms with Crippen molar-refractivity contribution in [3.63, 3.8) is 0 Å². The number of para-hydroxylation sites is 1. The molecule has 112 valence electrons. The molecule has 0 saturated carbocycles. The van der Waals surface area contributed by atoms with E-state index >= 15 is 0 Å². The van der Waals surface area contributed by atoms with Crippen molar-refractivity contribution in [1.82, 2.24) is 4.98 Å². The summed E-state index contributed by atoms with van der Waals surface area (Å²) in [4.78, 5) is 6.30. The van der Waals surface area contributed by atoms with Crippen molar-refractivity contribution in [2.75, 3.05) is 23.8 Å². The molecular formula is C16H19ClFN3. The number of anilines is 2. The normalized spacial score (nSPS) is 10.5. The molecule has 1 aromatic heterocycles. The summed E-state index contributed by atoms with van der Waals surface area (Å²) in [5.41, 5.74) is 1.26. The minimum absolute atomic E-state index is 0.253. The molecule has 0 spiro atoms. The van der Waals surface area contributed by atoms with Crippen molar-refractivity contribution >= 4 is 23.1 Å². The summed E-state index contributed by atoms with van der Waals surface area (Å²) in [6.45, 7) is 3.40. The maximum absolute atomic E-state index is 13.8. The van der Waals surface area contributed by atoms with Gasteiger partial charge in [-0.15, -0.1) is 0 Å². The molecule has 1 heterocycles. The first-order valence-corrected chi connectivity index (χ1v) is 7.34. The van der Waals surface area contributed by atoms with Gasteiger partial charge in [0.2, 0.25) is 0 Å². The molecule has 1 aromatic carbocycles. The van der Waals surface area contributed by atoms with Crippen LogP contribution in [0.15, 0.2) is 36.4 Å². The molecule has 0 fully saturated rings. The van der Waals surface area contributed by atoms with Gasteiger partial charge in [-0.25, -0.2) is 9.37 Å². The number of pyridine rings is 1. The van der Waals surface area contributed by atoms with E-state index in [1.807, 2.05) is 25.2 Å². The van der Waals surface area contributed by atoms with Crippen LogP contribution in [-0.4, -0.2) is 18.6 Å². The van der Waals surface area contributed by atoms with Gasteiger partial charge in [0.1, 0.15) is 11.6 Å². The van der Waals surface area contributed by atoms with Crippen LogP contribution in [-0.2, 0) is 6.54 Å². The summed E-state index contributed by atoms with van der Waals surface area (Å²) in [7, 11) is 1.82. The summed E-state index contributed by atoms with van der Waals surface area (Å²) >= 11 is 6.19. The Morgan fingerprint density at radius 3 is 2.71 bits per heavy atom. The van der Waals surface area contributed by atoms with E-state index in [0.717, 1.165) is 24.5 Å². The Morgan fingerprint density at radius 1 is 1.24 bits per heavy atom. The molecule has 21 heavy (non-hydrogen) atoms. The summed E-state index contributed by atoms with van der Waals surface area (Å²) in [6.07, 6.45) is 1.02. The Hall–Kier alpha value is -1.81. The van der Waals surface area contributed by atoms with Crippen LogP contribution in [0.25, 0.3) is 0 Å². The Bertz CT molecular complexity index is 604. The van der Waals surface area contributed by atoms with Gasteiger partial charge in [-0.05, 0) is 30.7 Å². The van der Waals surface area contributed by atoms with Crippen LogP contribution in [0.5, 0.6) is 0 Å². The van der Waals surface area contributed by atoms with Gasteiger partial charge in [0.25, 0.3) is 0 Å². The van der Waals surface area contributed by atoms with Crippen molar-refractivity contribution in [2.45, 2.75) is 19.9 Å². The van der Waals surface area contributed by atoms with E-state index in [-0.39, 0.29) is 5.82 Å². The zero-order valence-corrected chi connectivity index (χ0v) is 13.0. The number of nitrogens with one attached hydrogen (secondary N) is 1. The van der Waals surface area contributed by atoms with E-state index in [9.17, 15) is 4.39 Å². The van der Waals surface area contributed by atoms with E-state index in [1.54, 1.807) is 17.0 Å².